The van der Waals surface area contributed by atoms with Crippen molar-refractivity contribution in [1.29, 1.82) is 0 Å². The number of carbonyl (C=O) groups is 2. The molecule has 5 nitrogen and oxygen atoms in total. The molecule has 2 amide bonds. The first-order valence-corrected chi connectivity index (χ1v) is 10.8. The number of alkyl carbamates (subject to hydrolysis) is 1. The van der Waals surface area contributed by atoms with Crippen molar-refractivity contribution in [2.75, 3.05) is 5.32 Å². The summed E-state index contributed by atoms with van der Waals surface area (Å²) in [7, 11) is 0. The van der Waals surface area contributed by atoms with Crippen LogP contribution >= 0.6 is 31.9 Å². The zero-order chi connectivity index (χ0) is 21.2. The molecule has 0 heterocycles. The van der Waals surface area contributed by atoms with E-state index in [1.165, 1.54) is 0 Å². The van der Waals surface area contributed by atoms with Gasteiger partial charge in [0.1, 0.15) is 12.6 Å². The summed E-state index contributed by atoms with van der Waals surface area (Å²) in [6.07, 6.45) is 1.71. The highest BCUT2D eigenvalue weighted by Crippen LogP contribution is 2.24. The van der Waals surface area contributed by atoms with E-state index >= 15 is 0 Å². The van der Waals surface area contributed by atoms with E-state index in [1.54, 1.807) is 0 Å². The van der Waals surface area contributed by atoms with E-state index in [9.17, 15) is 9.59 Å². The number of halogens is 2. The fourth-order valence-corrected chi connectivity index (χ4v) is 3.18. The van der Waals surface area contributed by atoms with E-state index < -0.39 is 12.1 Å². The molecule has 0 spiro atoms. The van der Waals surface area contributed by atoms with Gasteiger partial charge in [0.2, 0.25) is 5.91 Å². The Balaban J connectivity index is 2.04. The van der Waals surface area contributed by atoms with Gasteiger partial charge in [-0.3, -0.25) is 4.79 Å². The molecule has 29 heavy (non-hydrogen) atoms. The second kappa shape index (κ2) is 11.8. The number of hydrogen-bond acceptors (Lipinski definition) is 3. The summed E-state index contributed by atoms with van der Waals surface area (Å²) in [5.41, 5.74) is 2.37. The number of hydrogen-bond donors (Lipinski definition) is 2. The van der Waals surface area contributed by atoms with Gasteiger partial charge in [0, 0.05) is 5.69 Å². The zero-order valence-corrected chi connectivity index (χ0v) is 19.5. The molecule has 0 saturated heterocycles. The van der Waals surface area contributed by atoms with Crippen molar-refractivity contribution >= 4 is 55.6 Å². The van der Waals surface area contributed by atoms with Gasteiger partial charge in [-0.2, -0.15) is 0 Å². The van der Waals surface area contributed by atoms with Gasteiger partial charge in [0.25, 0.3) is 0 Å². The lowest BCUT2D eigenvalue weighted by atomic mass is 10.0. The normalized spacial score (nSPS) is 11.5. The second-order valence-electron chi connectivity index (χ2n) is 6.90. The Kier molecular flexibility index (Phi) is 9.41. The number of carbonyl (C=O) groups excluding carboxylic acids is 2. The van der Waals surface area contributed by atoms with E-state index in [0.29, 0.717) is 12.1 Å². The number of anilines is 1. The Hall–Kier alpha value is -2.12. The molecule has 2 aromatic rings. The maximum atomic E-state index is 12.9. The molecule has 0 saturated carbocycles. The van der Waals surface area contributed by atoms with Crippen LogP contribution in [0.1, 0.15) is 31.4 Å². The van der Waals surface area contributed by atoms with Gasteiger partial charge in [-0.05, 0) is 67.5 Å². The highest BCUT2D eigenvalue weighted by molar-refractivity contribution is 9.28. The minimum absolute atomic E-state index is 0.148. The number of rotatable bonds is 8. The minimum Gasteiger partial charge on any atom is -0.445 e. The summed E-state index contributed by atoms with van der Waals surface area (Å²) in [6.45, 7) is 4.14. The molecule has 0 aliphatic carbocycles. The summed E-state index contributed by atoms with van der Waals surface area (Å²) in [5, 5.41) is 5.60. The highest BCUT2D eigenvalue weighted by atomic mass is 79.9. The minimum atomic E-state index is -0.706. The first kappa shape index (κ1) is 23.2. The molecule has 2 rings (SSSR count). The number of para-hydroxylation sites is 1. The van der Waals surface area contributed by atoms with E-state index in [-0.39, 0.29) is 18.4 Å². The Bertz CT molecular complexity index is 850. The standard InChI is InChI=1S/C22H24Br2N2O3/c1-15(2)12-19(26-22(28)29-14-16-8-4-3-5-9-16)21(27)25-18-11-7-6-10-17(18)13-20(23)24/h3-11,13,15,19H,12,14H2,1-2H3,(H,25,27)(H,26,28)/t19-/m0/s1. The maximum absolute atomic E-state index is 12.9. The lowest BCUT2D eigenvalue weighted by molar-refractivity contribution is -0.118. The van der Waals surface area contributed by atoms with E-state index in [0.717, 1.165) is 14.5 Å². The third-order valence-electron chi connectivity index (χ3n) is 4.01. The van der Waals surface area contributed by atoms with Gasteiger partial charge in [-0.15, -0.1) is 0 Å². The molecule has 0 unspecified atom stereocenters. The molecule has 0 radical (unpaired) electrons. The van der Waals surface area contributed by atoms with Crippen molar-refractivity contribution < 1.29 is 14.3 Å². The Morgan fingerprint density at radius 2 is 1.69 bits per heavy atom. The smallest absolute Gasteiger partial charge is 0.408 e. The van der Waals surface area contributed by atoms with Crippen LogP contribution in [0.4, 0.5) is 10.5 Å². The molecule has 0 aromatic heterocycles. The third-order valence-corrected chi connectivity index (χ3v) is 4.47. The fourth-order valence-electron chi connectivity index (χ4n) is 2.68. The van der Waals surface area contributed by atoms with Crippen LogP contribution in [-0.4, -0.2) is 18.0 Å². The molecule has 7 heteroatoms. The largest absolute Gasteiger partial charge is 0.445 e. The van der Waals surface area contributed by atoms with E-state index in [1.807, 2.05) is 74.5 Å². The fraction of sp³-hybridized carbons (Fsp3) is 0.273. The van der Waals surface area contributed by atoms with E-state index in [2.05, 4.69) is 42.5 Å². The SMILES string of the molecule is CC(C)C[C@H](NC(=O)OCc1ccccc1)C(=O)Nc1ccccc1C=C(Br)Br. The zero-order valence-electron chi connectivity index (χ0n) is 16.3. The monoisotopic (exact) mass is 522 g/mol. The summed E-state index contributed by atoms with van der Waals surface area (Å²) < 4.78 is 6.02. The number of nitrogens with one attached hydrogen (secondary N) is 2. The third kappa shape index (κ3) is 8.41. The van der Waals surface area contributed by atoms with Crippen LogP contribution < -0.4 is 10.6 Å². The van der Waals surface area contributed by atoms with Crippen molar-refractivity contribution in [3.8, 4) is 0 Å². The molecule has 2 aromatic carbocycles. The quantitative estimate of drug-likeness (QED) is 0.442. The summed E-state index contributed by atoms with van der Waals surface area (Å²) in [5.74, 6) is -0.0751. The van der Waals surface area contributed by atoms with Crippen molar-refractivity contribution in [2.24, 2.45) is 5.92 Å². The number of ether oxygens (including phenoxy) is 1. The Morgan fingerprint density at radius 1 is 1.03 bits per heavy atom. The van der Waals surface area contributed by atoms with Crippen LogP contribution in [0.2, 0.25) is 0 Å². The van der Waals surface area contributed by atoms with Gasteiger partial charge < -0.3 is 15.4 Å². The second-order valence-corrected chi connectivity index (χ2v) is 9.67. The summed E-state index contributed by atoms with van der Waals surface area (Å²) in [4.78, 5) is 25.1. The van der Waals surface area contributed by atoms with Crippen LogP contribution in [0.3, 0.4) is 0 Å². The molecule has 2 N–H and O–H groups in total. The van der Waals surface area contributed by atoms with Gasteiger partial charge in [-0.1, -0.05) is 62.4 Å². The lowest BCUT2D eigenvalue weighted by Gasteiger charge is -2.20. The molecule has 1 atom stereocenters. The number of amides is 2. The number of benzene rings is 2. The predicted octanol–water partition coefficient (Wildman–Crippen LogP) is 6.05. The van der Waals surface area contributed by atoms with Crippen LogP contribution in [0.15, 0.2) is 58.0 Å². The molecular weight excluding hydrogens is 500 g/mol. The topological polar surface area (TPSA) is 67.4 Å². The average Bonchev–Trinajstić information content (AvgIpc) is 2.67. The molecule has 0 aliphatic rings. The van der Waals surface area contributed by atoms with Crippen LogP contribution in [0.25, 0.3) is 6.08 Å². The molecular formula is C22H24Br2N2O3. The van der Waals surface area contributed by atoms with Gasteiger partial charge in [-0.25, -0.2) is 4.79 Å². The van der Waals surface area contributed by atoms with Gasteiger partial charge in [0.15, 0.2) is 0 Å². The Labute approximate surface area is 188 Å². The predicted molar refractivity (Wildman–Crippen MR) is 124 cm³/mol. The van der Waals surface area contributed by atoms with Crippen molar-refractivity contribution in [3.05, 3.63) is 69.1 Å². The van der Waals surface area contributed by atoms with Gasteiger partial charge >= 0.3 is 6.09 Å². The van der Waals surface area contributed by atoms with Crippen molar-refractivity contribution in [3.63, 3.8) is 0 Å². The van der Waals surface area contributed by atoms with Crippen LogP contribution in [0.5, 0.6) is 0 Å². The first-order chi connectivity index (χ1) is 13.8. The maximum Gasteiger partial charge on any atom is 0.408 e. The molecule has 0 aliphatic heterocycles. The molecule has 154 valence electrons. The lowest BCUT2D eigenvalue weighted by Crippen LogP contribution is -2.44. The molecule has 0 fully saturated rings. The van der Waals surface area contributed by atoms with Gasteiger partial charge in [0.05, 0.1) is 3.39 Å². The average molecular weight is 524 g/mol. The summed E-state index contributed by atoms with van der Waals surface area (Å²) >= 11 is 6.67. The first-order valence-electron chi connectivity index (χ1n) is 9.25. The Morgan fingerprint density at radius 3 is 2.34 bits per heavy atom. The van der Waals surface area contributed by atoms with Crippen molar-refractivity contribution in [2.45, 2.75) is 32.9 Å². The van der Waals surface area contributed by atoms with E-state index in [4.69, 9.17) is 4.74 Å². The summed E-state index contributed by atoms with van der Waals surface area (Å²) in [6, 6.07) is 16.1. The molecule has 0 bridgehead atoms. The van der Waals surface area contributed by atoms with Crippen LogP contribution in [-0.2, 0) is 16.1 Å². The highest BCUT2D eigenvalue weighted by Gasteiger charge is 2.23. The van der Waals surface area contributed by atoms with Crippen LogP contribution in [0, 0.1) is 5.92 Å². The van der Waals surface area contributed by atoms with Crippen molar-refractivity contribution in [1.82, 2.24) is 5.32 Å².